The van der Waals surface area contributed by atoms with Crippen molar-refractivity contribution < 1.29 is 0 Å². The highest BCUT2D eigenvalue weighted by Crippen LogP contribution is 2.15. The van der Waals surface area contributed by atoms with Crippen LogP contribution in [0, 0.1) is 5.92 Å². The fourth-order valence-corrected chi connectivity index (χ4v) is 1.26. The molecule has 0 heterocycles. The lowest BCUT2D eigenvalue weighted by molar-refractivity contribution is 0.485. The third-order valence-corrected chi connectivity index (χ3v) is 2.31. The van der Waals surface area contributed by atoms with E-state index in [4.69, 9.17) is 0 Å². The lowest BCUT2D eigenvalue weighted by Crippen LogP contribution is -1.93. The number of allylic oxidation sites excluding steroid dienone is 2. The van der Waals surface area contributed by atoms with Gasteiger partial charge < -0.3 is 0 Å². The first kappa shape index (κ1) is 10.7. The molecule has 0 saturated heterocycles. The lowest BCUT2D eigenvalue weighted by atomic mass is 9.98. The van der Waals surface area contributed by atoms with E-state index >= 15 is 0 Å². The summed E-state index contributed by atoms with van der Waals surface area (Å²) >= 11 is 0. The Hall–Kier alpha value is -0.260. The minimum Gasteiger partial charge on any atom is -0.0887 e. The molecule has 0 radical (unpaired) electrons. The molecular formula is C11H22. The Morgan fingerprint density at radius 2 is 2.00 bits per heavy atom. The maximum atomic E-state index is 2.35. The van der Waals surface area contributed by atoms with Gasteiger partial charge in [0.05, 0.1) is 0 Å². The van der Waals surface area contributed by atoms with Crippen molar-refractivity contribution in [2.45, 2.75) is 53.4 Å². The van der Waals surface area contributed by atoms with Gasteiger partial charge in [-0.15, -0.1) is 0 Å². The smallest absolute Gasteiger partial charge is 0.0321 e. The van der Waals surface area contributed by atoms with Crippen molar-refractivity contribution in [3.05, 3.63) is 11.6 Å². The summed E-state index contributed by atoms with van der Waals surface area (Å²) in [4.78, 5) is 0. The molecule has 0 amide bonds. The maximum Gasteiger partial charge on any atom is -0.0321 e. The second-order valence-corrected chi connectivity index (χ2v) is 3.57. The van der Waals surface area contributed by atoms with Gasteiger partial charge in [0.1, 0.15) is 0 Å². The quantitative estimate of drug-likeness (QED) is 0.521. The second-order valence-electron chi connectivity index (χ2n) is 3.57. The summed E-state index contributed by atoms with van der Waals surface area (Å²) in [6.45, 7) is 8.96. The van der Waals surface area contributed by atoms with Gasteiger partial charge in [-0.05, 0) is 32.6 Å². The van der Waals surface area contributed by atoms with Crippen molar-refractivity contribution in [3.63, 3.8) is 0 Å². The molecule has 0 aromatic heterocycles. The summed E-state index contributed by atoms with van der Waals surface area (Å²) in [6, 6.07) is 0. The zero-order valence-corrected chi connectivity index (χ0v) is 8.48. The first-order chi connectivity index (χ1) is 5.20. The first-order valence-electron chi connectivity index (χ1n) is 4.82. The van der Waals surface area contributed by atoms with E-state index in [0.29, 0.717) is 0 Å². The van der Waals surface area contributed by atoms with Crippen molar-refractivity contribution in [2.24, 2.45) is 5.92 Å². The van der Waals surface area contributed by atoms with Gasteiger partial charge in [0.25, 0.3) is 0 Å². The van der Waals surface area contributed by atoms with Crippen LogP contribution in [-0.4, -0.2) is 0 Å². The van der Waals surface area contributed by atoms with Crippen molar-refractivity contribution in [2.75, 3.05) is 0 Å². The van der Waals surface area contributed by atoms with E-state index in [1.165, 1.54) is 31.3 Å². The maximum absolute atomic E-state index is 2.35. The molecule has 1 unspecified atom stereocenters. The van der Waals surface area contributed by atoms with Crippen LogP contribution >= 0.6 is 0 Å². The van der Waals surface area contributed by atoms with E-state index in [1.54, 1.807) is 0 Å². The minimum atomic E-state index is 0.912. The number of hydrogen-bond acceptors (Lipinski definition) is 0. The van der Waals surface area contributed by atoms with Crippen LogP contribution < -0.4 is 0 Å². The van der Waals surface area contributed by atoms with Crippen molar-refractivity contribution >= 4 is 0 Å². The predicted molar refractivity (Wildman–Crippen MR) is 52.7 cm³/mol. The monoisotopic (exact) mass is 154 g/mol. The molecule has 0 heteroatoms. The Bertz CT molecular complexity index is 111. The van der Waals surface area contributed by atoms with Crippen molar-refractivity contribution in [1.29, 1.82) is 0 Å². The largest absolute Gasteiger partial charge is 0.0887 e. The highest BCUT2D eigenvalue weighted by atomic mass is 14.1. The average molecular weight is 154 g/mol. The van der Waals surface area contributed by atoms with Gasteiger partial charge in [0.2, 0.25) is 0 Å². The van der Waals surface area contributed by atoms with Crippen LogP contribution in [0.1, 0.15) is 53.4 Å². The Balaban J connectivity index is 3.37. The molecule has 0 rings (SSSR count). The first-order valence-corrected chi connectivity index (χ1v) is 4.82. The second kappa shape index (κ2) is 6.45. The van der Waals surface area contributed by atoms with Gasteiger partial charge in [-0.2, -0.15) is 0 Å². The predicted octanol–water partition coefficient (Wildman–Crippen LogP) is 4.17. The number of rotatable bonds is 5. The molecule has 0 aliphatic carbocycles. The molecule has 1 atom stereocenters. The zero-order valence-electron chi connectivity index (χ0n) is 8.48. The topological polar surface area (TPSA) is 0 Å². The van der Waals surface area contributed by atoms with Crippen LogP contribution in [0.5, 0.6) is 0 Å². The summed E-state index contributed by atoms with van der Waals surface area (Å²) in [5, 5.41) is 0. The van der Waals surface area contributed by atoms with Gasteiger partial charge in [0.15, 0.2) is 0 Å². The summed E-state index contributed by atoms with van der Waals surface area (Å²) in [6.07, 6.45) is 7.59. The third-order valence-electron chi connectivity index (χ3n) is 2.31. The van der Waals surface area contributed by atoms with Gasteiger partial charge in [-0.25, -0.2) is 0 Å². The van der Waals surface area contributed by atoms with Gasteiger partial charge in [0, 0.05) is 0 Å². The Labute approximate surface area is 71.7 Å². The Kier molecular flexibility index (Phi) is 6.30. The average Bonchev–Trinajstić information content (AvgIpc) is 2.01. The van der Waals surface area contributed by atoms with E-state index in [9.17, 15) is 0 Å². The van der Waals surface area contributed by atoms with Gasteiger partial charge >= 0.3 is 0 Å². The van der Waals surface area contributed by atoms with E-state index in [2.05, 4.69) is 33.8 Å². The number of hydrogen-bond donors (Lipinski definition) is 0. The standard InChI is InChI=1S/C11H22/c1-5-7-11(4)9-8-10(3)6-2/h6,11H,5,7-9H2,1-4H3/b10-6-. The van der Waals surface area contributed by atoms with E-state index < -0.39 is 0 Å². The molecule has 0 bridgehead atoms. The molecule has 66 valence electrons. The van der Waals surface area contributed by atoms with Crippen LogP contribution in [0.3, 0.4) is 0 Å². The highest BCUT2D eigenvalue weighted by Gasteiger charge is 1.99. The molecule has 0 spiro atoms. The molecule has 0 aliphatic heterocycles. The van der Waals surface area contributed by atoms with Crippen LogP contribution in [0.25, 0.3) is 0 Å². The van der Waals surface area contributed by atoms with Gasteiger partial charge in [-0.1, -0.05) is 38.3 Å². The van der Waals surface area contributed by atoms with E-state index in [-0.39, 0.29) is 0 Å². The molecule has 0 N–H and O–H groups in total. The minimum absolute atomic E-state index is 0.912. The normalized spacial score (nSPS) is 15.1. The molecule has 0 saturated carbocycles. The molecule has 0 aliphatic rings. The Morgan fingerprint density at radius 3 is 2.45 bits per heavy atom. The zero-order chi connectivity index (χ0) is 8.69. The molecule has 0 aromatic rings. The summed E-state index contributed by atoms with van der Waals surface area (Å²) in [5.41, 5.74) is 1.54. The molecule has 0 nitrogen and oxygen atoms in total. The van der Waals surface area contributed by atoms with Crippen LogP contribution in [0.2, 0.25) is 0 Å². The van der Waals surface area contributed by atoms with E-state index in [1.807, 2.05) is 0 Å². The molecule has 0 fully saturated rings. The van der Waals surface area contributed by atoms with Crippen LogP contribution in [0.4, 0.5) is 0 Å². The molecule has 0 aromatic carbocycles. The fraction of sp³-hybridized carbons (Fsp3) is 0.818. The van der Waals surface area contributed by atoms with E-state index in [0.717, 1.165) is 5.92 Å². The third kappa shape index (κ3) is 6.15. The lowest BCUT2D eigenvalue weighted by Gasteiger charge is -2.08. The summed E-state index contributed by atoms with van der Waals surface area (Å²) in [5.74, 6) is 0.912. The van der Waals surface area contributed by atoms with Crippen LogP contribution in [-0.2, 0) is 0 Å². The Morgan fingerprint density at radius 1 is 1.36 bits per heavy atom. The molecule has 11 heavy (non-hydrogen) atoms. The SMILES string of the molecule is C/C=C(/C)CCC(C)CCC. The fourth-order valence-electron chi connectivity index (χ4n) is 1.26. The van der Waals surface area contributed by atoms with Crippen molar-refractivity contribution in [1.82, 2.24) is 0 Å². The van der Waals surface area contributed by atoms with Crippen LogP contribution in [0.15, 0.2) is 11.6 Å². The molecular weight excluding hydrogens is 132 g/mol. The van der Waals surface area contributed by atoms with Crippen molar-refractivity contribution in [3.8, 4) is 0 Å². The summed E-state index contributed by atoms with van der Waals surface area (Å²) in [7, 11) is 0. The van der Waals surface area contributed by atoms with Gasteiger partial charge in [-0.3, -0.25) is 0 Å². The highest BCUT2D eigenvalue weighted by molar-refractivity contribution is 4.95. The summed E-state index contributed by atoms with van der Waals surface area (Å²) < 4.78 is 0.